The number of hydrogen-bond acceptors (Lipinski definition) is 14. The number of carbonyl (C=O) groups is 4. The molecule has 0 spiro atoms. The van der Waals surface area contributed by atoms with Crippen molar-refractivity contribution in [1.82, 2.24) is 0 Å². The van der Waals surface area contributed by atoms with E-state index in [2.05, 4.69) is 67.5 Å². The summed E-state index contributed by atoms with van der Waals surface area (Å²) in [6.45, 7) is 17.3. The molecule has 4 aromatic carbocycles. The Labute approximate surface area is 422 Å². The molecule has 388 valence electrons. The minimum absolute atomic E-state index is 0.152. The van der Waals surface area contributed by atoms with Gasteiger partial charge in [0, 0.05) is 59.4 Å². The Morgan fingerprint density at radius 3 is 1.19 bits per heavy atom. The van der Waals surface area contributed by atoms with Crippen LogP contribution in [0.5, 0.6) is 57.5 Å². The van der Waals surface area contributed by atoms with Crippen LogP contribution in [-0.4, -0.2) is 55.5 Å². The minimum Gasteiger partial charge on any atom is -0.508 e. The Balaban J connectivity index is 0.000000211. The molecule has 0 radical (unpaired) electrons. The van der Waals surface area contributed by atoms with Crippen LogP contribution in [0, 0.1) is 23.7 Å². The zero-order valence-electron chi connectivity index (χ0n) is 43.0. The van der Waals surface area contributed by atoms with E-state index >= 15 is 0 Å². The van der Waals surface area contributed by atoms with Crippen molar-refractivity contribution in [3.8, 4) is 57.5 Å². The summed E-state index contributed by atoms with van der Waals surface area (Å²) in [6.07, 6.45) is 14.2. The maximum atomic E-state index is 12.8. The molecule has 0 unspecified atom stereocenters. The third-order valence-corrected chi connectivity index (χ3v) is 14.9. The first-order valence-electron chi connectivity index (χ1n) is 25.8. The maximum absolute atomic E-state index is 12.8. The number of ether oxygens (including phenoxy) is 6. The fourth-order valence-electron chi connectivity index (χ4n) is 11.4. The predicted molar refractivity (Wildman–Crippen MR) is 269 cm³/mol. The second-order valence-corrected chi connectivity index (χ2v) is 21.5. The normalized spacial score (nSPS) is 22.1. The number of unbranched alkanes of at least 4 members (excludes halogenated alkanes) is 4. The van der Waals surface area contributed by atoms with Crippen molar-refractivity contribution in [2.24, 2.45) is 23.7 Å². The highest BCUT2D eigenvalue weighted by molar-refractivity contribution is 6.31. The van der Waals surface area contributed by atoms with E-state index in [9.17, 15) is 39.6 Å². The molecule has 2 heterocycles. The second kappa shape index (κ2) is 22.5. The van der Waals surface area contributed by atoms with Crippen molar-refractivity contribution >= 4 is 23.9 Å². The molecule has 2 saturated carbocycles. The van der Waals surface area contributed by atoms with Gasteiger partial charge in [0.1, 0.15) is 68.7 Å². The lowest BCUT2D eigenvalue weighted by Crippen LogP contribution is -2.47. The van der Waals surface area contributed by atoms with Gasteiger partial charge in [-0.15, -0.1) is 0 Å². The molecular formula is C58H72O14. The van der Waals surface area contributed by atoms with Gasteiger partial charge in [0.05, 0.1) is 0 Å². The van der Waals surface area contributed by atoms with Crippen molar-refractivity contribution in [3.63, 3.8) is 0 Å². The average Bonchev–Trinajstić information content (AvgIpc) is 3.27. The summed E-state index contributed by atoms with van der Waals surface area (Å²) >= 11 is 0. The summed E-state index contributed by atoms with van der Waals surface area (Å²) in [5, 5.41) is 38.5. The largest absolute Gasteiger partial charge is 0.508 e. The van der Waals surface area contributed by atoms with Gasteiger partial charge in [-0.2, -0.15) is 0 Å². The number of aromatic hydroxyl groups is 4. The topological polar surface area (TPSA) is 205 Å². The summed E-state index contributed by atoms with van der Waals surface area (Å²) in [7, 11) is 0. The number of phenolic OH excluding ortho intramolecular Hbond substituents is 4. The molecule has 14 nitrogen and oxygen atoms in total. The van der Waals surface area contributed by atoms with Crippen LogP contribution in [0.3, 0.4) is 0 Å². The zero-order chi connectivity index (χ0) is 52.1. The Bertz CT molecular complexity index is 2410. The molecule has 0 saturated heterocycles. The van der Waals surface area contributed by atoms with E-state index in [4.69, 9.17) is 28.4 Å². The first-order valence-corrected chi connectivity index (χ1v) is 25.8. The molecule has 4 N–H and O–H groups in total. The number of aryl methyl sites for hydroxylation is 2. The van der Waals surface area contributed by atoms with Crippen LogP contribution in [0.15, 0.2) is 60.7 Å². The Morgan fingerprint density at radius 2 is 0.847 bits per heavy atom. The maximum Gasteiger partial charge on any atom is 0.423 e. The van der Waals surface area contributed by atoms with Crippen LogP contribution in [-0.2, 0) is 32.0 Å². The number of rotatable bonds is 12. The number of carbonyl (C=O) groups excluding carboxylic acids is 4. The average molecular weight is 993 g/mol. The smallest absolute Gasteiger partial charge is 0.423 e. The predicted octanol–water partition coefficient (Wildman–Crippen LogP) is 12.1. The Hall–Kier alpha value is -6.44. The fourth-order valence-corrected chi connectivity index (χ4v) is 11.4. The highest BCUT2D eigenvalue weighted by atomic mass is 16.6. The minimum atomic E-state index is -1.24. The van der Waals surface area contributed by atoms with E-state index in [1.54, 1.807) is 0 Å². The van der Waals surface area contributed by atoms with Gasteiger partial charge in [-0.3, -0.25) is 0 Å². The van der Waals surface area contributed by atoms with Gasteiger partial charge in [-0.05, 0) is 138 Å². The van der Waals surface area contributed by atoms with Crippen LogP contribution in [0.2, 0.25) is 0 Å². The first kappa shape index (κ1) is 53.4. The van der Waals surface area contributed by atoms with Gasteiger partial charge in [-0.1, -0.05) is 66.2 Å². The summed E-state index contributed by atoms with van der Waals surface area (Å²) in [6, 6.07) is 14.5. The molecule has 8 rings (SSSR count). The summed E-state index contributed by atoms with van der Waals surface area (Å²) in [4.78, 5) is 50.8. The van der Waals surface area contributed by atoms with Crippen molar-refractivity contribution in [2.75, 3.05) is 0 Å². The van der Waals surface area contributed by atoms with E-state index in [0.717, 1.165) is 160 Å². The van der Waals surface area contributed by atoms with Gasteiger partial charge in [0.2, 0.25) is 0 Å². The second-order valence-electron chi connectivity index (χ2n) is 21.5. The molecule has 2 aliphatic carbocycles. The third kappa shape index (κ3) is 12.8. The molecule has 2 fully saturated rings. The fraction of sp³-hybridized carbons (Fsp3) is 0.517. The lowest BCUT2D eigenvalue weighted by atomic mass is 9.64. The third-order valence-electron chi connectivity index (χ3n) is 14.9. The number of benzene rings is 4. The molecule has 6 atom stereocenters. The number of fused-ring (bicyclic) bond motifs is 6. The quantitative estimate of drug-likeness (QED) is 0.0451. The lowest BCUT2D eigenvalue weighted by Gasteiger charge is -2.49. The molecular weight excluding hydrogens is 921 g/mol. The van der Waals surface area contributed by atoms with Crippen LogP contribution in [0.1, 0.15) is 167 Å². The number of esters is 4. The highest BCUT2D eigenvalue weighted by Gasteiger charge is 2.49. The standard InChI is InChI=1S/2C29H36O7/c2*1-5-6-7-8-18-12-24(35-28(33)27(32)34-21-15-19(30)14-20(31)16-21)26-22-11-17(2)9-10-23(22)29(3,4)36-25(26)13-18/h2*12-17,22-23,30-31H,5-11H2,1-4H3/t17-,22+,23+;17-,22-,23-/m01/s1. The van der Waals surface area contributed by atoms with Crippen LogP contribution < -0.4 is 28.4 Å². The van der Waals surface area contributed by atoms with E-state index in [0.29, 0.717) is 23.3 Å². The molecule has 4 aromatic rings. The van der Waals surface area contributed by atoms with Gasteiger partial charge in [0.15, 0.2) is 0 Å². The molecule has 14 heteroatoms. The molecule has 0 amide bonds. The highest BCUT2D eigenvalue weighted by Crippen LogP contribution is 2.57. The molecule has 4 aliphatic rings. The van der Waals surface area contributed by atoms with E-state index < -0.39 is 23.9 Å². The van der Waals surface area contributed by atoms with Crippen molar-refractivity contribution < 1.29 is 68.0 Å². The summed E-state index contributed by atoms with van der Waals surface area (Å²) in [5.74, 6) is -2.27. The van der Waals surface area contributed by atoms with Crippen LogP contribution in [0.25, 0.3) is 0 Å². The number of hydrogen-bond donors (Lipinski definition) is 4. The lowest BCUT2D eigenvalue weighted by molar-refractivity contribution is -0.156. The van der Waals surface area contributed by atoms with E-state index in [1.807, 2.05) is 12.1 Å². The van der Waals surface area contributed by atoms with Crippen molar-refractivity contribution in [2.45, 2.75) is 168 Å². The van der Waals surface area contributed by atoms with Gasteiger partial charge >= 0.3 is 23.9 Å². The van der Waals surface area contributed by atoms with Crippen molar-refractivity contribution in [3.05, 3.63) is 82.9 Å². The Morgan fingerprint density at radius 1 is 0.500 bits per heavy atom. The first-order chi connectivity index (χ1) is 34.1. The Kier molecular flexibility index (Phi) is 16.7. The molecule has 72 heavy (non-hydrogen) atoms. The van der Waals surface area contributed by atoms with Crippen LogP contribution in [0.4, 0.5) is 0 Å². The summed E-state index contributed by atoms with van der Waals surface area (Å²) in [5.41, 5.74) is 2.99. The zero-order valence-corrected chi connectivity index (χ0v) is 43.0. The summed E-state index contributed by atoms with van der Waals surface area (Å²) < 4.78 is 34.5. The monoisotopic (exact) mass is 992 g/mol. The van der Waals surface area contributed by atoms with Crippen molar-refractivity contribution in [1.29, 1.82) is 0 Å². The SMILES string of the molecule is CCCCCc1cc(OC(=O)C(=O)Oc2cc(O)cc(O)c2)c2c(c1)OC(C)(C)[C@@H]1CC[C@@H](C)C[C@@H]21.CCCCCc1cc(OC(=O)C(=O)Oc2cc(O)cc(O)c2)c2c(c1)OC(C)(C)[C@@H]1CC[C@H](C)C[C@@H]21. The van der Waals surface area contributed by atoms with Gasteiger partial charge in [0.25, 0.3) is 0 Å². The van der Waals surface area contributed by atoms with Crippen LogP contribution >= 0.6 is 0 Å². The molecule has 0 aromatic heterocycles. The molecule has 0 bridgehead atoms. The van der Waals surface area contributed by atoms with Gasteiger partial charge in [-0.25, -0.2) is 19.2 Å². The van der Waals surface area contributed by atoms with E-state index in [1.165, 1.54) is 0 Å². The van der Waals surface area contributed by atoms with Gasteiger partial charge < -0.3 is 48.8 Å². The van der Waals surface area contributed by atoms with E-state index in [-0.39, 0.29) is 69.4 Å². The number of phenols is 4. The molecule has 2 aliphatic heterocycles.